The number of pyridine rings is 1. The molecule has 1 saturated heterocycles. The van der Waals surface area contributed by atoms with E-state index >= 15 is 0 Å². The van der Waals surface area contributed by atoms with E-state index in [-0.39, 0.29) is 50.0 Å². The summed E-state index contributed by atoms with van der Waals surface area (Å²) in [4.78, 5) is 35.8. The highest BCUT2D eigenvalue weighted by Crippen LogP contribution is 2.51. The van der Waals surface area contributed by atoms with Gasteiger partial charge in [-0.15, -0.1) is 0 Å². The zero-order chi connectivity index (χ0) is 54.7. The number of aromatic amines is 1. The van der Waals surface area contributed by atoms with E-state index in [0.29, 0.717) is 70.0 Å². The number of rotatable bonds is 25. The van der Waals surface area contributed by atoms with Crippen molar-refractivity contribution in [2.75, 3.05) is 27.4 Å². The van der Waals surface area contributed by atoms with Gasteiger partial charge in [0.1, 0.15) is 23.2 Å². The fourth-order valence-corrected chi connectivity index (χ4v) is 12.5. The molecule has 0 radical (unpaired) electrons. The molecule has 0 amide bonds. The highest BCUT2D eigenvalue weighted by Gasteiger charge is 2.45. The first-order chi connectivity index (χ1) is 37.2. The van der Waals surface area contributed by atoms with Gasteiger partial charge in [-0.25, -0.2) is 9.65 Å². The Morgan fingerprint density at radius 1 is 0.883 bits per heavy atom. The summed E-state index contributed by atoms with van der Waals surface area (Å²) in [5, 5.41) is 10.5. The van der Waals surface area contributed by atoms with Gasteiger partial charge in [-0.1, -0.05) is 96.0 Å². The van der Waals surface area contributed by atoms with Gasteiger partial charge < -0.3 is 37.7 Å². The predicted molar refractivity (Wildman–Crippen MR) is 301 cm³/mol. The normalized spacial score (nSPS) is 18.0. The van der Waals surface area contributed by atoms with Crippen molar-refractivity contribution in [1.82, 2.24) is 19.2 Å². The van der Waals surface area contributed by atoms with Crippen LogP contribution < -0.4 is 10.2 Å². The lowest BCUT2D eigenvalue weighted by Crippen LogP contribution is -2.37. The summed E-state index contributed by atoms with van der Waals surface area (Å²) in [6.07, 6.45) is 8.41. The third-order valence-electron chi connectivity index (χ3n) is 14.2. The van der Waals surface area contributed by atoms with Crippen molar-refractivity contribution in [3.63, 3.8) is 0 Å². The van der Waals surface area contributed by atoms with Crippen LogP contribution in [0.4, 0.5) is 0 Å². The number of esters is 1. The lowest BCUT2D eigenvalue weighted by Gasteiger charge is -2.39. The molecule has 1 N–H and O–H groups in total. The number of methoxy groups -OCH3 is 2. The van der Waals surface area contributed by atoms with Crippen LogP contribution in [0, 0.1) is 18.3 Å². The van der Waals surface area contributed by atoms with Crippen molar-refractivity contribution in [3.8, 4) is 11.8 Å². The van der Waals surface area contributed by atoms with Crippen LogP contribution >= 0.6 is 31.7 Å². The quantitative estimate of drug-likeness (QED) is 0.0329. The van der Waals surface area contributed by atoms with Crippen molar-refractivity contribution in [1.29, 1.82) is 5.26 Å². The molecule has 1 aliphatic heterocycles. The molecule has 0 spiro atoms. The van der Waals surface area contributed by atoms with E-state index in [1.807, 2.05) is 60.7 Å². The van der Waals surface area contributed by atoms with Gasteiger partial charge >= 0.3 is 5.97 Å². The number of aromatic nitrogens is 3. The number of carbonyl (C=O) groups excluding carboxylic acids is 1. The molecule has 5 unspecified atom stereocenters. The summed E-state index contributed by atoms with van der Waals surface area (Å²) < 4.78 is 49.7. The van der Waals surface area contributed by atoms with Crippen molar-refractivity contribution >= 4 is 48.9 Å². The molecule has 1 fully saturated rings. The number of nitrogens with zero attached hydrogens (tertiary/aromatic N) is 4. The van der Waals surface area contributed by atoms with Crippen molar-refractivity contribution < 1.29 is 37.5 Å². The number of nitrogens with one attached hydrogen (secondary N) is 1. The Hall–Kier alpha value is -5.85. The van der Waals surface area contributed by atoms with Gasteiger partial charge in [-0.3, -0.25) is 14.2 Å². The number of imidazole rings is 1. The molecule has 14 nitrogen and oxygen atoms in total. The second-order valence-corrected chi connectivity index (χ2v) is 22.1. The smallest absolute Gasteiger partial charge is 0.307 e. The number of hydrogen-bond donors (Lipinski definition) is 1. The van der Waals surface area contributed by atoms with Gasteiger partial charge in [0.2, 0.25) is 5.43 Å². The topological polar surface area (TPSA) is 159 Å². The Balaban J connectivity index is 1.12. The Morgan fingerprint density at radius 2 is 1.53 bits per heavy atom. The van der Waals surface area contributed by atoms with Gasteiger partial charge in [-0.2, -0.15) is 5.26 Å². The second-order valence-electron chi connectivity index (χ2n) is 19.8. The molecule has 5 atom stereocenters. The zero-order valence-electron chi connectivity index (χ0n) is 44.7. The molecule has 2 aliphatic rings. The molecule has 77 heavy (non-hydrogen) atoms. The lowest BCUT2D eigenvalue weighted by molar-refractivity contribution is -0.159. The number of allylic oxidation sites excluding steroid dienone is 3. The van der Waals surface area contributed by atoms with E-state index in [0.717, 1.165) is 28.2 Å². The number of halogens is 2. The first-order valence-corrected chi connectivity index (χ1v) is 28.1. The summed E-state index contributed by atoms with van der Waals surface area (Å²) in [5.74, 6) is 1.14. The Labute approximate surface area is 462 Å². The average Bonchev–Trinajstić information content (AvgIpc) is 4.07. The Kier molecular flexibility index (Phi) is 19.5. The summed E-state index contributed by atoms with van der Waals surface area (Å²) in [7, 11) is 1.65. The Bertz CT molecular complexity index is 3030. The zero-order valence-corrected chi connectivity index (χ0v) is 47.2. The van der Waals surface area contributed by atoms with E-state index < -0.39 is 44.1 Å². The molecule has 0 saturated carbocycles. The number of H-pyrrole nitrogens is 1. The SMILES string of the molecule is COC1=CC=C(C(OCCCC(OC(=O)CCC2OC(n3cnc4c(=O)c(C)c[nH]c43)CC2OP(OCCC#N)N(C(C)C)C(C)C)(c2ccc(Cl)cc2)c2ccc(Cl)cc2)(c2ccccc2)c2ccc(OC)cc2)CC1. The van der Waals surface area contributed by atoms with E-state index in [4.69, 9.17) is 55.9 Å². The van der Waals surface area contributed by atoms with Crippen LogP contribution in [0.1, 0.15) is 113 Å². The van der Waals surface area contributed by atoms with Crippen LogP contribution in [0.15, 0.2) is 144 Å². The van der Waals surface area contributed by atoms with Crippen LogP contribution in [-0.2, 0) is 44.0 Å². The van der Waals surface area contributed by atoms with Gasteiger partial charge in [0.15, 0.2) is 11.1 Å². The summed E-state index contributed by atoms with van der Waals surface area (Å²) >= 11 is 13.1. The molecule has 4 aromatic carbocycles. The average molecular weight is 1110 g/mol. The molecular formula is C60H68Cl2N5O9P. The maximum Gasteiger partial charge on any atom is 0.307 e. The Morgan fingerprint density at radius 3 is 2.13 bits per heavy atom. The largest absolute Gasteiger partial charge is 0.501 e. The molecule has 0 bridgehead atoms. The van der Waals surface area contributed by atoms with Crippen molar-refractivity contribution in [2.24, 2.45) is 0 Å². The van der Waals surface area contributed by atoms with Crippen LogP contribution in [-0.4, -0.2) is 76.9 Å². The minimum atomic E-state index is -1.69. The third kappa shape index (κ3) is 13.0. The number of fused-ring (bicyclic) bond motifs is 1. The molecule has 3 heterocycles. The third-order valence-corrected chi connectivity index (χ3v) is 16.9. The minimum Gasteiger partial charge on any atom is -0.501 e. The van der Waals surface area contributed by atoms with Crippen molar-refractivity contribution in [3.05, 3.63) is 187 Å². The highest BCUT2D eigenvalue weighted by molar-refractivity contribution is 7.44. The molecule has 17 heteroatoms. The number of ether oxygens (including phenoxy) is 5. The van der Waals surface area contributed by atoms with Crippen LogP contribution in [0.3, 0.4) is 0 Å². The monoisotopic (exact) mass is 1100 g/mol. The van der Waals surface area contributed by atoms with Crippen molar-refractivity contribution in [2.45, 2.75) is 128 Å². The van der Waals surface area contributed by atoms with Gasteiger partial charge in [0, 0.05) is 70.9 Å². The van der Waals surface area contributed by atoms with E-state index in [1.54, 1.807) is 62.5 Å². The van der Waals surface area contributed by atoms with E-state index in [9.17, 15) is 14.9 Å². The molecular weight excluding hydrogens is 1040 g/mol. The lowest BCUT2D eigenvalue weighted by atomic mass is 9.76. The van der Waals surface area contributed by atoms with Crippen LogP contribution in [0.2, 0.25) is 10.0 Å². The number of hydrogen-bond acceptors (Lipinski definition) is 12. The highest BCUT2D eigenvalue weighted by atomic mass is 35.5. The molecule has 2 aromatic heterocycles. The first kappa shape index (κ1) is 57.3. The minimum absolute atomic E-state index is 0.0442. The second kappa shape index (κ2) is 26.2. The molecule has 8 rings (SSSR count). The van der Waals surface area contributed by atoms with Gasteiger partial charge in [-0.05, 0) is 119 Å². The number of benzene rings is 4. The number of nitriles is 1. The first-order valence-electron chi connectivity index (χ1n) is 26.2. The van der Waals surface area contributed by atoms with Crippen LogP contribution in [0.5, 0.6) is 5.75 Å². The van der Waals surface area contributed by atoms with E-state index in [1.165, 1.54) is 0 Å². The summed E-state index contributed by atoms with van der Waals surface area (Å²) in [6.45, 7) is 10.5. The standard InChI is InChI=1S/C60H68Cl2N5O9P/c1-40(2)67(41(3)4)77(73-36-12-34-63)76-53-37-54(66-39-65-56-57(69)42(5)38-64-58(56)66)74-52(53)31-32-55(68)75-59(43-15-23-48(61)24-16-43,44-17-25-49(62)26-18-44)33-11-35-72-60(45-13-9-8-10-14-45,46-19-27-50(70-6)28-20-46)47-21-29-51(71-7)30-22-47/h8-10,13-21,23-29,38-41,52-54H,11-12,22,30-33,35-37H2,1-7H3,(H,64,69). The fourth-order valence-electron chi connectivity index (χ4n) is 10.5. The maximum atomic E-state index is 15.0. The molecule has 6 aromatic rings. The summed E-state index contributed by atoms with van der Waals surface area (Å²) in [6, 6.07) is 35.2. The maximum absolute atomic E-state index is 15.0. The molecule has 406 valence electrons. The van der Waals surface area contributed by atoms with Gasteiger partial charge in [0.05, 0.1) is 57.6 Å². The fraction of sp³-hybridized carbons (Fsp3) is 0.400. The predicted octanol–water partition coefficient (Wildman–Crippen LogP) is 13.6. The van der Waals surface area contributed by atoms with Gasteiger partial charge in [0.25, 0.3) is 8.53 Å². The number of aryl methyl sites for hydroxylation is 1. The molecule has 1 aliphatic carbocycles. The summed E-state index contributed by atoms with van der Waals surface area (Å²) in [5.41, 5.74) is 3.23. The van der Waals surface area contributed by atoms with Crippen LogP contribution in [0.25, 0.3) is 11.2 Å². The number of carbonyl (C=O) groups is 1. The van der Waals surface area contributed by atoms with E-state index in [2.05, 4.69) is 78.7 Å².